The van der Waals surface area contributed by atoms with Gasteiger partial charge in [0, 0.05) is 29.7 Å². The second-order valence-corrected chi connectivity index (χ2v) is 3.91. The Balaban J connectivity index is 2.67. The lowest BCUT2D eigenvalue weighted by molar-refractivity contribution is 0.406. The molecule has 3 nitrogen and oxygen atoms in total. The highest BCUT2D eigenvalue weighted by Crippen LogP contribution is 2.22. The molecule has 0 saturated carbocycles. The number of benzene rings is 1. The first kappa shape index (κ1) is 12.3. The summed E-state index contributed by atoms with van der Waals surface area (Å²) in [5.41, 5.74) is 6.60. The smallest absolute Gasteiger partial charge is 0.124 e. The highest BCUT2D eigenvalue weighted by Gasteiger charge is 2.05. The van der Waals surface area contributed by atoms with Crippen LogP contribution >= 0.6 is 11.6 Å². The number of hydrogen-bond acceptors (Lipinski definition) is 3. The van der Waals surface area contributed by atoms with Crippen LogP contribution in [0, 0.1) is 0 Å². The highest BCUT2D eigenvalue weighted by atomic mass is 35.5. The summed E-state index contributed by atoms with van der Waals surface area (Å²) >= 11 is 5.87. The van der Waals surface area contributed by atoms with Crippen molar-refractivity contribution in [2.75, 3.05) is 13.7 Å². The standard InChI is InChI=1S/C11H17ClN2O/c1-8(6-13)14-7-9-3-4-10(12)5-11(9)15-2/h3-5,8,14H,6-7,13H2,1-2H3. The molecule has 1 aromatic carbocycles. The molecule has 0 amide bonds. The molecule has 1 unspecified atom stereocenters. The molecule has 1 atom stereocenters. The molecule has 0 aliphatic carbocycles. The summed E-state index contributed by atoms with van der Waals surface area (Å²) in [5, 5.41) is 3.98. The van der Waals surface area contributed by atoms with Gasteiger partial charge in [0.25, 0.3) is 0 Å². The minimum Gasteiger partial charge on any atom is -0.496 e. The van der Waals surface area contributed by atoms with Crippen LogP contribution in [0.3, 0.4) is 0 Å². The molecule has 1 rings (SSSR count). The van der Waals surface area contributed by atoms with Crippen LogP contribution in [0.15, 0.2) is 18.2 Å². The van der Waals surface area contributed by atoms with E-state index in [0.717, 1.165) is 17.9 Å². The fraction of sp³-hybridized carbons (Fsp3) is 0.455. The molecule has 0 aliphatic rings. The van der Waals surface area contributed by atoms with E-state index in [1.807, 2.05) is 25.1 Å². The first-order valence-corrected chi connectivity index (χ1v) is 5.31. The van der Waals surface area contributed by atoms with Gasteiger partial charge in [0.15, 0.2) is 0 Å². The molecule has 0 bridgehead atoms. The molecule has 0 aromatic heterocycles. The zero-order valence-electron chi connectivity index (χ0n) is 9.09. The molecule has 0 heterocycles. The largest absolute Gasteiger partial charge is 0.496 e. The monoisotopic (exact) mass is 228 g/mol. The van der Waals surface area contributed by atoms with Gasteiger partial charge >= 0.3 is 0 Å². The molecule has 1 aromatic rings. The van der Waals surface area contributed by atoms with Gasteiger partial charge < -0.3 is 15.8 Å². The summed E-state index contributed by atoms with van der Waals surface area (Å²) in [7, 11) is 1.64. The van der Waals surface area contributed by atoms with Crippen molar-refractivity contribution < 1.29 is 4.74 Å². The number of rotatable bonds is 5. The van der Waals surface area contributed by atoms with Crippen LogP contribution in [0.1, 0.15) is 12.5 Å². The van der Waals surface area contributed by atoms with E-state index >= 15 is 0 Å². The number of nitrogens with one attached hydrogen (secondary N) is 1. The van der Waals surface area contributed by atoms with Crippen LogP contribution < -0.4 is 15.8 Å². The van der Waals surface area contributed by atoms with Crippen molar-refractivity contribution in [2.24, 2.45) is 5.73 Å². The van der Waals surface area contributed by atoms with Crippen LogP contribution in [0.2, 0.25) is 5.02 Å². The minimum atomic E-state index is 0.297. The van der Waals surface area contributed by atoms with Crippen LogP contribution in [-0.4, -0.2) is 19.7 Å². The molecule has 84 valence electrons. The Morgan fingerprint density at radius 2 is 2.27 bits per heavy atom. The third kappa shape index (κ3) is 3.70. The normalized spacial score (nSPS) is 12.5. The van der Waals surface area contributed by atoms with Gasteiger partial charge in [-0.05, 0) is 19.1 Å². The molecule has 0 saturated heterocycles. The zero-order chi connectivity index (χ0) is 11.3. The minimum absolute atomic E-state index is 0.297. The first-order chi connectivity index (χ1) is 7.17. The van der Waals surface area contributed by atoms with E-state index in [0.29, 0.717) is 17.6 Å². The van der Waals surface area contributed by atoms with Crippen molar-refractivity contribution in [2.45, 2.75) is 19.5 Å². The Morgan fingerprint density at radius 1 is 1.53 bits per heavy atom. The van der Waals surface area contributed by atoms with E-state index in [1.165, 1.54) is 0 Å². The Bertz CT molecular complexity index is 317. The summed E-state index contributed by atoms with van der Waals surface area (Å²) in [5.74, 6) is 0.805. The quantitative estimate of drug-likeness (QED) is 0.808. The maximum absolute atomic E-state index is 5.87. The maximum atomic E-state index is 5.87. The molecule has 0 fully saturated rings. The van der Waals surface area contributed by atoms with Gasteiger partial charge in [0.05, 0.1) is 7.11 Å². The average Bonchev–Trinajstić information content (AvgIpc) is 2.26. The number of hydrogen-bond donors (Lipinski definition) is 2. The SMILES string of the molecule is COc1cc(Cl)ccc1CNC(C)CN. The summed E-state index contributed by atoms with van der Waals surface area (Å²) in [6.07, 6.45) is 0. The Hall–Kier alpha value is -0.770. The summed E-state index contributed by atoms with van der Waals surface area (Å²) in [4.78, 5) is 0. The van der Waals surface area contributed by atoms with Crippen molar-refractivity contribution in [3.8, 4) is 5.75 Å². The van der Waals surface area contributed by atoms with E-state index in [2.05, 4.69) is 5.32 Å². The summed E-state index contributed by atoms with van der Waals surface area (Å²) in [6.45, 7) is 3.40. The topological polar surface area (TPSA) is 47.3 Å². The van der Waals surface area contributed by atoms with E-state index in [4.69, 9.17) is 22.1 Å². The molecule has 0 aliphatic heterocycles. The van der Waals surface area contributed by atoms with Gasteiger partial charge in [-0.2, -0.15) is 0 Å². The highest BCUT2D eigenvalue weighted by molar-refractivity contribution is 6.30. The average molecular weight is 229 g/mol. The molecule has 0 spiro atoms. The van der Waals surface area contributed by atoms with Gasteiger partial charge in [-0.15, -0.1) is 0 Å². The van der Waals surface area contributed by atoms with E-state index in [1.54, 1.807) is 7.11 Å². The summed E-state index contributed by atoms with van der Waals surface area (Å²) in [6, 6.07) is 5.92. The summed E-state index contributed by atoms with van der Waals surface area (Å²) < 4.78 is 5.24. The Morgan fingerprint density at radius 3 is 2.87 bits per heavy atom. The van der Waals surface area contributed by atoms with E-state index in [9.17, 15) is 0 Å². The van der Waals surface area contributed by atoms with Crippen molar-refractivity contribution in [1.82, 2.24) is 5.32 Å². The van der Waals surface area contributed by atoms with Crippen LogP contribution in [0.4, 0.5) is 0 Å². The number of nitrogens with two attached hydrogens (primary N) is 1. The van der Waals surface area contributed by atoms with Crippen LogP contribution in [0.5, 0.6) is 5.75 Å². The number of ether oxygens (including phenoxy) is 1. The lowest BCUT2D eigenvalue weighted by Crippen LogP contribution is -2.32. The second kappa shape index (κ2) is 5.95. The second-order valence-electron chi connectivity index (χ2n) is 3.47. The molecule has 4 heteroatoms. The predicted octanol–water partition coefficient (Wildman–Crippen LogP) is 1.79. The Kier molecular flexibility index (Phi) is 4.88. The molecule has 15 heavy (non-hydrogen) atoms. The van der Waals surface area contributed by atoms with Crippen molar-refractivity contribution in [3.63, 3.8) is 0 Å². The number of halogens is 1. The van der Waals surface area contributed by atoms with Crippen molar-refractivity contribution in [1.29, 1.82) is 0 Å². The van der Waals surface area contributed by atoms with Gasteiger partial charge in [-0.1, -0.05) is 17.7 Å². The Labute approximate surface area is 95.6 Å². The zero-order valence-corrected chi connectivity index (χ0v) is 9.84. The third-order valence-corrected chi connectivity index (χ3v) is 2.48. The van der Waals surface area contributed by atoms with Gasteiger partial charge in [-0.3, -0.25) is 0 Å². The molecular weight excluding hydrogens is 212 g/mol. The predicted molar refractivity (Wildman–Crippen MR) is 63.4 cm³/mol. The third-order valence-electron chi connectivity index (χ3n) is 2.24. The van der Waals surface area contributed by atoms with Gasteiger partial charge in [0.2, 0.25) is 0 Å². The molecule has 0 radical (unpaired) electrons. The van der Waals surface area contributed by atoms with Crippen LogP contribution in [-0.2, 0) is 6.54 Å². The molecular formula is C11H17ClN2O. The van der Waals surface area contributed by atoms with Crippen molar-refractivity contribution >= 4 is 11.6 Å². The van der Waals surface area contributed by atoms with Gasteiger partial charge in [0.1, 0.15) is 5.75 Å². The van der Waals surface area contributed by atoms with E-state index in [-0.39, 0.29) is 0 Å². The lowest BCUT2D eigenvalue weighted by Gasteiger charge is -2.13. The first-order valence-electron chi connectivity index (χ1n) is 4.93. The number of methoxy groups -OCH3 is 1. The van der Waals surface area contributed by atoms with E-state index < -0.39 is 0 Å². The van der Waals surface area contributed by atoms with Crippen LogP contribution in [0.25, 0.3) is 0 Å². The van der Waals surface area contributed by atoms with Crippen molar-refractivity contribution in [3.05, 3.63) is 28.8 Å². The molecule has 3 N–H and O–H groups in total. The fourth-order valence-electron chi connectivity index (χ4n) is 1.23. The lowest BCUT2D eigenvalue weighted by atomic mass is 10.2. The fourth-order valence-corrected chi connectivity index (χ4v) is 1.39. The van der Waals surface area contributed by atoms with Gasteiger partial charge in [-0.25, -0.2) is 0 Å². The maximum Gasteiger partial charge on any atom is 0.124 e.